The van der Waals surface area contributed by atoms with Crippen LogP contribution in [0.5, 0.6) is 0 Å². The van der Waals surface area contributed by atoms with E-state index in [4.69, 9.17) is 0 Å². The van der Waals surface area contributed by atoms with Gasteiger partial charge in [0.05, 0.1) is 0 Å². The zero-order chi connectivity index (χ0) is 23.7. The standard InChI is InChI=1S/C27H33N5O2/c1-17(2)16-27(10-11-27)32-25(34)19-4-3-5-21(14-19)30-23-9-8-20(15-22(23)18-6-7-18)24(33)31-26-28-12-13-29-26/h3-5,8-9,14-15,17-18,30H,6-7,10-13,16H2,1-2H3,(H,32,34)(H2,28,29,31,33). The van der Waals surface area contributed by atoms with Gasteiger partial charge in [0.1, 0.15) is 0 Å². The Hall–Kier alpha value is -3.35. The molecular weight excluding hydrogens is 426 g/mol. The second kappa shape index (κ2) is 9.12. The van der Waals surface area contributed by atoms with Crippen LogP contribution in [0, 0.1) is 5.92 Å². The van der Waals surface area contributed by atoms with Gasteiger partial charge in [-0.05, 0) is 85.9 Å². The maximum atomic E-state index is 12.9. The highest BCUT2D eigenvalue weighted by Gasteiger charge is 2.44. The third-order valence-electron chi connectivity index (χ3n) is 6.67. The minimum absolute atomic E-state index is 0.0154. The van der Waals surface area contributed by atoms with Gasteiger partial charge in [0, 0.05) is 41.1 Å². The number of aliphatic imine (C=N–C) groups is 1. The van der Waals surface area contributed by atoms with E-state index in [1.807, 2.05) is 42.5 Å². The number of hydrogen-bond acceptors (Lipinski definition) is 3. The molecule has 1 saturated heterocycles. The summed E-state index contributed by atoms with van der Waals surface area (Å²) in [5.74, 6) is 1.28. The fourth-order valence-corrected chi connectivity index (χ4v) is 4.73. The average Bonchev–Trinajstić information content (AvgIpc) is 3.73. The molecular formula is C27H33N5O2. The second-order valence-corrected chi connectivity index (χ2v) is 10.2. The van der Waals surface area contributed by atoms with Crippen molar-refractivity contribution in [2.75, 3.05) is 18.4 Å². The first-order valence-electron chi connectivity index (χ1n) is 12.4. The fourth-order valence-electron chi connectivity index (χ4n) is 4.73. The highest BCUT2D eigenvalue weighted by molar-refractivity contribution is 6.03. The van der Waals surface area contributed by atoms with Gasteiger partial charge in [-0.3, -0.25) is 9.59 Å². The number of rotatable bonds is 8. The maximum Gasteiger partial charge on any atom is 0.280 e. The van der Waals surface area contributed by atoms with E-state index in [-0.39, 0.29) is 17.4 Å². The number of benzene rings is 2. The highest BCUT2D eigenvalue weighted by Crippen LogP contribution is 2.44. The van der Waals surface area contributed by atoms with Crippen molar-refractivity contribution >= 4 is 29.1 Å². The van der Waals surface area contributed by atoms with Gasteiger partial charge in [0.25, 0.3) is 11.8 Å². The molecule has 34 heavy (non-hydrogen) atoms. The van der Waals surface area contributed by atoms with Crippen LogP contribution in [0.15, 0.2) is 47.5 Å². The van der Waals surface area contributed by atoms with Crippen LogP contribution in [0.1, 0.15) is 78.1 Å². The molecule has 0 bridgehead atoms. The van der Waals surface area contributed by atoms with E-state index in [0.717, 1.165) is 62.1 Å². The maximum absolute atomic E-state index is 12.9. The van der Waals surface area contributed by atoms with Crippen LogP contribution in [0.25, 0.3) is 0 Å². The van der Waals surface area contributed by atoms with Gasteiger partial charge < -0.3 is 21.3 Å². The molecule has 2 aliphatic carbocycles. The minimum Gasteiger partial charge on any atom is -0.355 e. The van der Waals surface area contributed by atoms with Crippen LogP contribution in [0.4, 0.5) is 11.4 Å². The fraction of sp³-hybridized carbons (Fsp3) is 0.444. The van der Waals surface area contributed by atoms with Crippen LogP contribution in [0.3, 0.4) is 0 Å². The number of nitrogens with zero attached hydrogens (tertiary/aromatic N) is 1. The number of anilines is 2. The molecule has 5 rings (SSSR count). The van der Waals surface area contributed by atoms with Crippen molar-refractivity contribution in [2.45, 2.75) is 57.4 Å². The van der Waals surface area contributed by atoms with Gasteiger partial charge in [-0.25, -0.2) is 0 Å². The zero-order valence-electron chi connectivity index (χ0n) is 19.9. The molecule has 1 aliphatic heterocycles. The summed E-state index contributed by atoms with van der Waals surface area (Å²) in [6.45, 7) is 5.95. The Labute approximate surface area is 200 Å². The molecule has 7 heteroatoms. The van der Waals surface area contributed by atoms with Gasteiger partial charge >= 0.3 is 0 Å². The first-order valence-corrected chi connectivity index (χ1v) is 12.4. The zero-order valence-corrected chi connectivity index (χ0v) is 19.9. The van der Waals surface area contributed by atoms with E-state index in [1.165, 1.54) is 0 Å². The molecule has 178 valence electrons. The third kappa shape index (κ3) is 5.24. The van der Waals surface area contributed by atoms with Crippen molar-refractivity contribution in [1.82, 2.24) is 16.0 Å². The lowest BCUT2D eigenvalue weighted by Crippen LogP contribution is -2.37. The quantitative estimate of drug-likeness (QED) is 0.472. The Morgan fingerprint density at radius 1 is 1.06 bits per heavy atom. The first-order chi connectivity index (χ1) is 16.4. The van der Waals surface area contributed by atoms with Crippen LogP contribution in [-0.4, -0.2) is 36.4 Å². The third-order valence-corrected chi connectivity index (χ3v) is 6.67. The molecule has 2 aromatic carbocycles. The molecule has 2 saturated carbocycles. The van der Waals surface area contributed by atoms with Gasteiger partial charge in [0.15, 0.2) is 5.96 Å². The summed E-state index contributed by atoms with van der Waals surface area (Å²) in [6, 6.07) is 13.4. The molecule has 2 aromatic rings. The Kier molecular flexibility index (Phi) is 6.02. The summed E-state index contributed by atoms with van der Waals surface area (Å²) in [4.78, 5) is 29.7. The topological polar surface area (TPSA) is 94.6 Å². The lowest BCUT2D eigenvalue weighted by atomic mass is 10.0. The molecule has 0 atom stereocenters. The van der Waals surface area contributed by atoms with Crippen molar-refractivity contribution in [3.05, 3.63) is 59.2 Å². The molecule has 4 N–H and O–H groups in total. The van der Waals surface area contributed by atoms with E-state index in [0.29, 0.717) is 28.9 Å². The Morgan fingerprint density at radius 2 is 1.82 bits per heavy atom. The lowest BCUT2D eigenvalue weighted by Gasteiger charge is -2.20. The van der Waals surface area contributed by atoms with Crippen LogP contribution >= 0.6 is 0 Å². The number of hydrogen-bond donors (Lipinski definition) is 4. The van der Waals surface area contributed by atoms with Crippen molar-refractivity contribution in [1.29, 1.82) is 0 Å². The predicted octanol–water partition coefficient (Wildman–Crippen LogP) is 4.31. The Bertz CT molecular complexity index is 1120. The normalized spacial score (nSPS) is 18.1. The molecule has 7 nitrogen and oxygen atoms in total. The summed E-state index contributed by atoms with van der Waals surface area (Å²) in [5.41, 5.74) is 4.18. The molecule has 1 heterocycles. The first kappa shape index (κ1) is 22.4. The van der Waals surface area contributed by atoms with Crippen LogP contribution < -0.4 is 21.3 Å². The Balaban J connectivity index is 1.32. The molecule has 0 spiro atoms. The van der Waals surface area contributed by atoms with E-state index in [9.17, 15) is 9.59 Å². The summed E-state index contributed by atoms with van der Waals surface area (Å²) < 4.78 is 0. The number of amides is 2. The molecule has 3 aliphatic rings. The van der Waals surface area contributed by atoms with Crippen molar-refractivity contribution in [3.8, 4) is 0 Å². The molecule has 0 aromatic heterocycles. The van der Waals surface area contributed by atoms with Gasteiger partial charge in [-0.15, -0.1) is 0 Å². The smallest absolute Gasteiger partial charge is 0.280 e. The van der Waals surface area contributed by atoms with Gasteiger partial charge in [0.2, 0.25) is 0 Å². The summed E-state index contributed by atoms with van der Waals surface area (Å²) in [7, 11) is 0. The van der Waals surface area contributed by atoms with E-state index < -0.39 is 0 Å². The highest BCUT2D eigenvalue weighted by atomic mass is 16.2. The molecule has 0 unspecified atom stereocenters. The number of carbonyl (C=O) groups is 2. The van der Waals surface area contributed by atoms with E-state index in [2.05, 4.69) is 40.1 Å². The largest absolute Gasteiger partial charge is 0.355 e. The summed E-state index contributed by atoms with van der Waals surface area (Å²) >= 11 is 0. The molecule has 2 amide bonds. The van der Waals surface area contributed by atoms with Crippen molar-refractivity contribution in [3.63, 3.8) is 0 Å². The number of carbonyl (C=O) groups excluding carboxylic acids is 2. The van der Waals surface area contributed by atoms with Gasteiger partial charge in [-0.1, -0.05) is 19.9 Å². The molecule has 3 fully saturated rings. The summed E-state index contributed by atoms with van der Waals surface area (Å²) in [5, 5.41) is 12.9. The van der Waals surface area contributed by atoms with Crippen LogP contribution in [0.2, 0.25) is 0 Å². The second-order valence-electron chi connectivity index (χ2n) is 10.2. The molecule has 0 radical (unpaired) electrons. The monoisotopic (exact) mass is 459 g/mol. The SMILES string of the molecule is CC(C)CC1(NC(=O)c2cccc(Nc3ccc(C(=O)N=C4NCCN4)cc3C3CC3)c2)CC1. The summed E-state index contributed by atoms with van der Waals surface area (Å²) in [6.07, 6.45) is 5.36. The lowest BCUT2D eigenvalue weighted by molar-refractivity contribution is 0.0925. The van der Waals surface area contributed by atoms with Gasteiger partial charge in [-0.2, -0.15) is 4.99 Å². The van der Waals surface area contributed by atoms with E-state index in [1.54, 1.807) is 0 Å². The number of guanidine groups is 1. The van der Waals surface area contributed by atoms with Crippen LogP contribution in [-0.2, 0) is 0 Å². The number of nitrogens with one attached hydrogen (secondary N) is 4. The van der Waals surface area contributed by atoms with E-state index >= 15 is 0 Å². The predicted molar refractivity (Wildman–Crippen MR) is 135 cm³/mol. The van der Waals surface area contributed by atoms with Crippen molar-refractivity contribution in [2.24, 2.45) is 10.9 Å². The minimum atomic E-state index is -0.251. The average molecular weight is 460 g/mol. The van der Waals surface area contributed by atoms with Crippen molar-refractivity contribution < 1.29 is 9.59 Å². The Morgan fingerprint density at radius 3 is 2.50 bits per heavy atom.